The molecule has 1 fully saturated rings. The van der Waals surface area contributed by atoms with Gasteiger partial charge < -0.3 is 4.90 Å². The van der Waals surface area contributed by atoms with Crippen LogP contribution in [0.25, 0.3) is 10.9 Å². The lowest BCUT2D eigenvalue weighted by Crippen LogP contribution is -2.55. The van der Waals surface area contributed by atoms with Crippen LogP contribution >= 0.6 is 0 Å². The summed E-state index contributed by atoms with van der Waals surface area (Å²) >= 11 is 0. The zero-order chi connectivity index (χ0) is 25.1. The standard InChI is InChI=1S/C29H34N6O/c1-4-26-25-12-11-23(18-27(25)35(32-26)21(2)3)33-15-16-34(20-28(36)29-30-13-8-14-31-29)24(19-33)17-22-9-6-5-7-10-22/h5-14,18,21,24H,4,15-17,19-20H2,1-3H3/t24-/m0/s1. The number of carbonyl (C=O) groups is 1. The molecule has 7 heteroatoms. The van der Waals surface area contributed by atoms with Gasteiger partial charge in [-0.15, -0.1) is 0 Å². The fourth-order valence-electron chi connectivity index (χ4n) is 5.16. The van der Waals surface area contributed by atoms with Crippen molar-refractivity contribution >= 4 is 22.4 Å². The molecule has 0 spiro atoms. The number of fused-ring (bicyclic) bond motifs is 1. The normalized spacial score (nSPS) is 16.7. The molecule has 36 heavy (non-hydrogen) atoms. The van der Waals surface area contributed by atoms with Crippen molar-refractivity contribution in [3.63, 3.8) is 0 Å². The summed E-state index contributed by atoms with van der Waals surface area (Å²) in [7, 11) is 0. The summed E-state index contributed by atoms with van der Waals surface area (Å²) in [5.41, 5.74) is 4.83. The molecule has 0 radical (unpaired) electrons. The molecule has 2 aromatic carbocycles. The molecule has 0 bridgehead atoms. The van der Waals surface area contributed by atoms with Crippen LogP contribution in [0.5, 0.6) is 0 Å². The van der Waals surface area contributed by atoms with Crippen molar-refractivity contribution in [3.8, 4) is 0 Å². The number of Topliss-reactive ketones (excluding diaryl/α,β-unsaturated/α-hetero) is 1. The van der Waals surface area contributed by atoms with Crippen LogP contribution in [0.3, 0.4) is 0 Å². The van der Waals surface area contributed by atoms with Gasteiger partial charge in [-0.1, -0.05) is 37.3 Å². The molecule has 0 amide bonds. The van der Waals surface area contributed by atoms with Crippen molar-refractivity contribution in [2.75, 3.05) is 31.1 Å². The van der Waals surface area contributed by atoms with Gasteiger partial charge in [0.25, 0.3) is 0 Å². The molecule has 7 nitrogen and oxygen atoms in total. The SMILES string of the molecule is CCc1nn(C(C)C)c2cc(N3CCN(CC(=O)c4ncccn4)[C@@H](Cc4ccccc4)C3)ccc12. The van der Waals surface area contributed by atoms with E-state index in [4.69, 9.17) is 5.10 Å². The summed E-state index contributed by atoms with van der Waals surface area (Å²) in [5, 5.41) is 6.12. The Balaban J connectivity index is 1.41. The van der Waals surface area contributed by atoms with Gasteiger partial charge in [0.05, 0.1) is 17.8 Å². The average Bonchev–Trinajstić information content (AvgIpc) is 3.29. The Kier molecular flexibility index (Phi) is 7.09. The van der Waals surface area contributed by atoms with Gasteiger partial charge in [0, 0.05) is 55.2 Å². The number of anilines is 1. The molecule has 0 aliphatic carbocycles. The number of rotatable bonds is 8. The number of nitrogens with zero attached hydrogens (tertiary/aromatic N) is 6. The average molecular weight is 483 g/mol. The number of carbonyl (C=O) groups excluding carboxylic acids is 1. The van der Waals surface area contributed by atoms with Gasteiger partial charge in [0.1, 0.15) is 0 Å². The molecule has 5 rings (SSSR count). The highest BCUT2D eigenvalue weighted by molar-refractivity contribution is 5.94. The summed E-state index contributed by atoms with van der Waals surface area (Å²) in [5.74, 6) is 0.258. The van der Waals surface area contributed by atoms with Crippen molar-refractivity contribution in [3.05, 3.63) is 84.1 Å². The van der Waals surface area contributed by atoms with Gasteiger partial charge in [0.15, 0.2) is 5.82 Å². The Hall–Kier alpha value is -3.58. The molecule has 0 unspecified atom stereocenters. The number of piperazine rings is 1. The van der Waals surface area contributed by atoms with E-state index in [1.807, 2.05) is 6.07 Å². The first-order valence-electron chi connectivity index (χ1n) is 12.9. The first kappa shape index (κ1) is 24.1. The zero-order valence-electron chi connectivity index (χ0n) is 21.3. The van der Waals surface area contributed by atoms with E-state index >= 15 is 0 Å². The van der Waals surface area contributed by atoms with Crippen LogP contribution in [-0.2, 0) is 12.8 Å². The number of hydrogen-bond donors (Lipinski definition) is 0. The van der Waals surface area contributed by atoms with Gasteiger partial charge in [0.2, 0.25) is 5.78 Å². The Labute approximate surface area is 212 Å². The van der Waals surface area contributed by atoms with Crippen LogP contribution in [0.15, 0.2) is 67.0 Å². The van der Waals surface area contributed by atoms with Crippen LogP contribution < -0.4 is 4.90 Å². The van der Waals surface area contributed by atoms with E-state index in [9.17, 15) is 4.79 Å². The van der Waals surface area contributed by atoms with Crippen molar-refractivity contribution in [1.82, 2.24) is 24.6 Å². The minimum absolute atomic E-state index is 0.0311. The maximum Gasteiger partial charge on any atom is 0.213 e. The van der Waals surface area contributed by atoms with Crippen LogP contribution in [-0.4, -0.2) is 62.7 Å². The molecule has 0 N–H and O–H groups in total. The predicted octanol–water partition coefficient (Wildman–Crippen LogP) is 4.59. The van der Waals surface area contributed by atoms with Crippen molar-refractivity contribution in [2.24, 2.45) is 0 Å². The molecular formula is C29H34N6O. The van der Waals surface area contributed by atoms with E-state index < -0.39 is 0 Å². The van der Waals surface area contributed by atoms with E-state index in [-0.39, 0.29) is 17.6 Å². The zero-order valence-corrected chi connectivity index (χ0v) is 21.3. The van der Waals surface area contributed by atoms with Gasteiger partial charge in [-0.05, 0) is 56.5 Å². The molecule has 1 atom stereocenters. The highest BCUT2D eigenvalue weighted by Crippen LogP contribution is 2.29. The Bertz CT molecular complexity index is 1320. The smallest absolute Gasteiger partial charge is 0.213 e. The van der Waals surface area contributed by atoms with Crippen molar-refractivity contribution in [2.45, 2.75) is 45.7 Å². The van der Waals surface area contributed by atoms with Gasteiger partial charge in [-0.3, -0.25) is 14.4 Å². The Morgan fingerprint density at radius 2 is 1.81 bits per heavy atom. The number of ketones is 1. The van der Waals surface area contributed by atoms with Gasteiger partial charge in [-0.2, -0.15) is 5.10 Å². The third-order valence-corrected chi connectivity index (χ3v) is 7.04. The third-order valence-electron chi connectivity index (χ3n) is 7.04. The maximum absolute atomic E-state index is 13.0. The second-order valence-corrected chi connectivity index (χ2v) is 9.80. The number of hydrogen-bond acceptors (Lipinski definition) is 6. The van der Waals surface area contributed by atoms with E-state index in [0.29, 0.717) is 12.6 Å². The first-order valence-corrected chi connectivity index (χ1v) is 12.9. The molecule has 4 aromatic rings. The minimum Gasteiger partial charge on any atom is -0.369 e. The van der Waals surface area contributed by atoms with E-state index in [1.54, 1.807) is 18.5 Å². The number of aromatic nitrogens is 4. The molecule has 186 valence electrons. The quantitative estimate of drug-likeness (QED) is 0.342. The maximum atomic E-state index is 13.0. The fraction of sp³-hybridized carbons (Fsp3) is 0.379. The molecule has 2 aromatic heterocycles. The molecular weight excluding hydrogens is 448 g/mol. The van der Waals surface area contributed by atoms with Crippen molar-refractivity contribution < 1.29 is 4.79 Å². The highest BCUT2D eigenvalue weighted by Gasteiger charge is 2.30. The fourth-order valence-corrected chi connectivity index (χ4v) is 5.16. The molecule has 0 saturated carbocycles. The van der Waals surface area contributed by atoms with E-state index in [1.165, 1.54) is 22.2 Å². The highest BCUT2D eigenvalue weighted by atomic mass is 16.1. The van der Waals surface area contributed by atoms with Crippen LogP contribution in [0, 0.1) is 0 Å². The van der Waals surface area contributed by atoms with E-state index in [0.717, 1.165) is 38.2 Å². The summed E-state index contributed by atoms with van der Waals surface area (Å²) in [6.45, 7) is 9.36. The monoisotopic (exact) mass is 482 g/mol. The summed E-state index contributed by atoms with van der Waals surface area (Å²) < 4.78 is 2.15. The summed E-state index contributed by atoms with van der Waals surface area (Å²) in [6, 6.07) is 19.5. The van der Waals surface area contributed by atoms with Gasteiger partial charge in [-0.25, -0.2) is 9.97 Å². The molecule has 3 heterocycles. The minimum atomic E-state index is -0.0311. The Morgan fingerprint density at radius 3 is 2.53 bits per heavy atom. The van der Waals surface area contributed by atoms with Crippen LogP contribution in [0.2, 0.25) is 0 Å². The van der Waals surface area contributed by atoms with Crippen LogP contribution in [0.4, 0.5) is 5.69 Å². The van der Waals surface area contributed by atoms with Crippen LogP contribution in [0.1, 0.15) is 48.7 Å². The lowest BCUT2D eigenvalue weighted by atomic mass is 10.0. The number of benzene rings is 2. The lowest BCUT2D eigenvalue weighted by molar-refractivity contribution is 0.0865. The summed E-state index contributed by atoms with van der Waals surface area (Å²) in [6.07, 6.45) is 5.06. The summed E-state index contributed by atoms with van der Waals surface area (Å²) in [4.78, 5) is 26.0. The Morgan fingerprint density at radius 1 is 1.03 bits per heavy atom. The largest absolute Gasteiger partial charge is 0.369 e. The van der Waals surface area contributed by atoms with Crippen molar-refractivity contribution in [1.29, 1.82) is 0 Å². The molecule has 1 aliphatic heterocycles. The number of aryl methyl sites for hydroxylation is 1. The molecule has 1 saturated heterocycles. The third kappa shape index (κ3) is 5.02. The first-order chi connectivity index (χ1) is 17.5. The molecule has 1 aliphatic rings. The predicted molar refractivity (Wildman–Crippen MR) is 144 cm³/mol. The van der Waals surface area contributed by atoms with E-state index in [2.05, 4.69) is 87.7 Å². The topological polar surface area (TPSA) is 67.2 Å². The second-order valence-electron chi connectivity index (χ2n) is 9.80. The van der Waals surface area contributed by atoms with Gasteiger partial charge >= 0.3 is 0 Å². The second kappa shape index (κ2) is 10.6. The lowest BCUT2D eigenvalue weighted by Gasteiger charge is -2.42.